The van der Waals surface area contributed by atoms with Gasteiger partial charge in [-0.1, -0.05) is 42.5 Å². The lowest BCUT2D eigenvalue weighted by Gasteiger charge is -2.17. The van der Waals surface area contributed by atoms with Crippen molar-refractivity contribution in [1.82, 2.24) is 5.32 Å². The molecule has 1 aliphatic heterocycles. The standard InChI is InChI=1S/C26H27N3O3/c1-32-23-12-8-19(9-13-23)14-16-27-26(31)28-22-10-6-20(7-11-22)18-25(30)29-17-15-21-4-2-3-5-24(21)29/h2-13H,14-18H2,1H3,(H2,27,28,31). The topological polar surface area (TPSA) is 70.7 Å². The summed E-state index contributed by atoms with van der Waals surface area (Å²) in [6.45, 7) is 1.26. The molecule has 2 N–H and O–H groups in total. The van der Waals surface area contributed by atoms with Gasteiger partial charge in [0.25, 0.3) is 0 Å². The van der Waals surface area contributed by atoms with Gasteiger partial charge >= 0.3 is 6.03 Å². The number of carbonyl (C=O) groups excluding carboxylic acids is 2. The average Bonchev–Trinajstić information content (AvgIpc) is 3.25. The fourth-order valence-electron chi connectivity index (χ4n) is 3.86. The van der Waals surface area contributed by atoms with Crippen LogP contribution in [0, 0.1) is 0 Å². The number of urea groups is 1. The average molecular weight is 430 g/mol. The minimum Gasteiger partial charge on any atom is -0.497 e. The summed E-state index contributed by atoms with van der Waals surface area (Å²) in [6.07, 6.45) is 1.97. The maximum atomic E-state index is 12.8. The van der Waals surface area contributed by atoms with Crippen molar-refractivity contribution in [2.24, 2.45) is 0 Å². The number of fused-ring (bicyclic) bond motifs is 1. The molecule has 0 spiro atoms. The SMILES string of the molecule is COc1ccc(CCNC(=O)Nc2ccc(CC(=O)N3CCc4ccccc43)cc2)cc1. The molecule has 6 heteroatoms. The molecular weight excluding hydrogens is 402 g/mol. The summed E-state index contributed by atoms with van der Waals surface area (Å²) in [5.74, 6) is 0.904. The number of anilines is 2. The first-order valence-electron chi connectivity index (χ1n) is 10.8. The van der Waals surface area contributed by atoms with Crippen LogP contribution in [0.1, 0.15) is 16.7 Å². The summed E-state index contributed by atoms with van der Waals surface area (Å²) in [4.78, 5) is 26.8. The van der Waals surface area contributed by atoms with E-state index in [1.807, 2.05) is 71.6 Å². The number of nitrogens with zero attached hydrogens (tertiary/aromatic N) is 1. The van der Waals surface area contributed by atoms with Crippen molar-refractivity contribution in [3.05, 3.63) is 89.5 Å². The van der Waals surface area contributed by atoms with Crippen LogP contribution < -0.4 is 20.3 Å². The molecule has 32 heavy (non-hydrogen) atoms. The second kappa shape index (κ2) is 10.0. The number of hydrogen-bond acceptors (Lipinski definition) is 3. The third-order valence-electron chi connectivity index (χ3n) is 5.61. The summed E-state index contributed by atoms with van der Waals surface area (Å²) in [6, 6.07) is 23.0. The molecule has 3 aromatic rings. The minimum atomic E-state index is -0.254. The number of ether oxygens (including phenoxy) is 1. The van der Waals surface area contributed by atoms with Gasteiger partial charge in [0.05, 0.1) is 13.5 Å². The van der Waals surface area contributed by atoms with Crippen LogP contribution in [0.3, 0.4) is 0 Å². The van der Waals surface area contributed by atoms with E-state index < -0.39 is 0 Å². The Morgan fingerprint density at radius 1 is 0.938 bits per heavy atom. The molecule has 0 saturated carbocycles. The zero-order valence-electron chi connectivity index (χ0n) is 18.1. The maximum absolute atomic E-state index is 12.8. The fourth-order valence-corrected chi connectivity index (χ4v) is 3.86. The predicted octanol–water partition coefficient (Wildman–Crippen LogP) is 4.19. The van der Waals surface area contributed by atoms with Crippen LogP contribution in [0.15, 0.2) is 72.8 Å². The molecule has 164 valence electrons. The van der Waals surface area contributed by atoms with Gasteiger partial charge in [-0.25, -0.2) is 4.79 Å². The van der Waals surface area contributed by atoms with E-state index in [0.29, 0.717) is 18.7 Å². The largest absolute Gasteiger partial charge is 0.497 e. The molecule has 3 amide bonds. The lowest BCUT2D eigenvalue weighted by Crippen LogP contribution is -2.30. The maximum Gasteiger partial charge on any atom is 0.319 e. The summed E-state index contributed by atoms with van der Waals surface area (Å²) >= 11 is 0. The zero-order chi connectivity index (χ0) is 22.3. The molecule has 0 fully saturated rings. The van der Waals surface area contributed by atoms with Gasteiger partial charge in [0.15, 0.2) is 0 Å². The smallest absolute Gasteiger partial charge is 0.319 e. The zero-order valence-corrected chi connectivity index (χ0v) is 18.1. The highest BCUT2D eigenvalue weighted by atomic mass is 16.5. The molecular formula is C26H27N3O3. The first-order valence-corrected chi connectivity index (χ1v) is 10.8. The van der Waals surface area contributed by atoms with Crippen LogP contribution in [0.2, 0.25) is 0 Å². The third kappa shape index (κ3) is 5.27. The van der Waals surface area contributed by atoms with E-state index in [2.05, 4.69) is 16.7 Å². The van der Waals surface area contributed by atoms with Crippen LogP contribution in [-0.2, 0) is 24.1 Å². The van der Waals surface area contributed by atoms with Crippen molar-refractivity contribution in [3.63, 3.8) is 0 Å². The molecule has 0 bridgehead atoms. The van der Waals surface area contributed by atoms with Crippen LogP contribution in [0.5, 0.6) is 5.75 Å². The number of amides is 3. The normalized spacial score (nSPS) is 12.2. The monoisotopic (exact) mass is 429 g/mol. The number of nitrogens with one attached hydrogen (secondary N) is 2. The first-order chi connectivity index (χ1) is 15.6. The highest BCUT2D eigenvalue weighted by Gasteiger charge is 2.23. The molecule has 1 aliphatic rings. The Hall–Kier alpha value is -3.80. The Balaban J connectivity index is 1.23. The molecule has 3 aromatic carbocycles. The fraction of sp³-hybridized carbons (Fsp3) is 0.231. The van der Waals surface area contributed by atoms with Crippen molar-refractivity contribution < 1.29 is 14.3 Å². The van der Waals surface area contributed by atoms with Gasteiger partial charge in [0.2, 0.25) is 5.91 Å². The second-order valence-electron chi connectivity index (χ2n) is 7.78. The van der Waals surface area contributed by atoms with Crippen molar-refractivity contribution in [1.29, 1.82) is 0 Å². The summed E-state index contributed by atoms with van der Waals surface area (Å²) in [5.41, 5.74) is 4.97. The number of carbonyl (C=O) groups is 2. The van der Waals surface area contributed by atoms with Crippen LogP contribution in [0.4, 0.5) is 16.2 Å². The van der Waals surface area contributed by atoms with Gasteiger partial charge < -0.3 is 20.3 Å². The number of rotatable bonds is 7. The lowest BCUT2D eigenvalue weighted by atomic mass is 10.1. The van der Waals surface area contributed by atoms with Crippen molar-refractivity contribution in [2.45, 2.75) is 19.3 Å². The van der Waals surface area contributed by atoms with Crippen molar-refractivity contribution in [3.8, 4) is 5.75 Å². The van der Waals surface area contributed by atoms with E-state index in [4.69, 9.17) is 4.74 Å². The molecule has 0 radical (unpaired) electrons. The summed E-state index contributed by atoms with van der Waals surface area (Å²) in [7, 11) is 1.64. The van der Waals surface area contributed by atoms with E-state index in [1.165, 1.54) is 5.56 Å². The third-order valence-corrected chi connectivity index (χ3v) is 5.61. The highest BCUT2D eigenvalue weighted by Crippen LogP contribution is 2.28. The van der Waals surface area contributed by atoms with Crippen LogP contribution >= 0.6 is 0 Å². The molecule has 0 saturated heterocycles. The Morgan fingerprint density at radius 2 is 1.66 bits per heavy atom. The van der Waals surface area contributed by atoms with Crippen molar-refractivity contribution in [2.75, 3.05) is 30.4 Å². The van der Waals surface area contributed by atoms with Gasteiger partial charge in [-0.3, -0.25) is 4.79 Å². The number of benzene rings is 3. The highest BCUT2D eigenvalue weighted by molar-refractivity contribution is 5.96. The van der Waals surface area contributed by atoms with Gasteiger partial charge in [0.1, 0.15) is 5.75 Å². The van der Waals surface area contributed by atoms with Gasteiger partial charge in [0, 0.05) is 24.5 Å². The van der Waals surface area contributed by atoms with E-state index in [0.717, 1.165) is 42.0 Å². The molecule has 6 nitrogen and oxygen atoms in total. The number of methoxy groups -OCH3 is 1. The van der Waals surface area contributed by atoms with Crippen molar-refractivity contribution >= 4 is 23.3 Å². The molecule has 0 aliphatic carbocycles. The number of para-hydroxylation sites is 1. The number of hydrogen-bond donors (Lipinski definition) is 2. The Labute approximate surface area is 188 Å². The van der Waals surface area contributed by atoms with Gasteiger partial charge in [-0.15, -0.1) is 0 Å². The Morgan fingerprint density at radius 3 is 2.41 bits per heavy atom. The van der Waals surface area contributed by atoms with Gasteiger partial charge in [-0.05, 0) is 59.9 Å². The predicted molar refractivity (Wildman–Crippen MR) is 126 cm³/mol. The van der Waals surface area contributed by atoms with E-state index in [9.17, 15) is 9.59 Å². The first kappa shape index (κ1) is 21.4. The Bertz CT molecular complexity index is 1080. The molecule has 0 aromatic heterocycles. The van der Waals surface area contributed by atoms with Gasteiger partial charge in [-0.2, -0.15) is 0 Å². The molecule has 0 unspecified atom stereocenters. The van der Waals surface area contributed by atoms with Crippen LogP contribution in [-0.4, -0.2) is 32.1 Å². The Kier molecular flexibility index (Phi) is 6.70. The van der Waals surface area contributed by atoms with E-state index in [-0.39, 0.29) is 11.9 Å². The molecule has 0 atom stereocenters. The quantitative estimate of drug-likeness (QED) is 0.592. The minimum absolute atomic E-state index is 0.0898. The second-order valence-corrected chi connectivity index (χ2v) is 7.78. The van der Waals surface area contributed by atoms with E-state index >= 15 is 0 Å². The lowest BCUT2D eigenvalue weighted by molar-refractivity contribution is -0.117. The molecule has 4 rings (SSSR count). The molecule has 1 heterocycles. The van der Waals surface area contributed by atoms with E-state index in [1.54, 1.807) is 7.11 Å². The van der Waals surface area contributed by atoms with Crippen LogP contribution in [0.25, 0.3) is 0 Å². The summed E-state index contributed by atoms with van der Waals surface area (Å²) in [5, 5.41) is 5.69. The summed E-state index contributed by atoms with van der Waals surface area (Å²) < 4.78 is 5.15.